The van der Waals surface area contributed by atoms with Crippen LogP contribution < -0.4 is 19.1 Å². The number of rotatable bonds is 15. The maximum Gasteiger partial charge on any atom is 0.264 e. The van der Waals surface area contributed by atoms with E-state index in [0.717, 1.165) is 9.87 Å². The van der Waals surface area contributed by atoms with Crippen LogP contribution in [0.25, 0.3) is 0 Å². The summed E-state index contributed by atoms with van der Waals surface area (Å²) in [6, 6.07) is 21.0. The van der Waals surface area contributed by atoms with Crippen LogP contribution in [-0.4, -0.2) is 58.0 Å². The molecule has 0 aliphatic heterocycles. The number of anilines is 1. The summed E-state index contributed by atoms with van der Waals surface area (Å²) >= 11 is 0. The first-order valence-corrected chi connectivity index (χ1v) is 15.5. The summed E-state index contributed by atoms with van der Waals surface area (Å²) in [7, 11) is -2.61. The lowest BCUT2D eigenvalue weighted by atomic mass is 10.1. The Morgan fingerprint density at radius 3 is 2.19 bits per heavy atom. The Labute approximate surface area is 249 Å². The Bertz CT molecular complexity index is 1410. The average molecular weight is 596 g/mol. The SMILES string of the molecule is CCOc1ccc(S(=O)(=O)N(CC(=O)N(Cc2cccc(OC)c2)[C@H](CC)C(=O)NCC(C)C)c2ccccc2)cc1. The van der Waals surface area contributed by atoms with E-state index in [0.29, 0.717) is 36.8 Å². The number of carbonyl (C=O) groups is 2. The third-order valence-electron chi connectivity index (χ3n) is 6.60. The van der Waals surface area contributed by atoms with Crippen molar-refractivity contribution in [1.82, 2.24) is 10.2 Å². The van der Waals surface area contributed by atoms with Crippen molar-refractivity contribution in [1.29, 1.82) is 0 Å². The fraction of sp³-hybridized carbons (Fsp3) is 0.375. The van der Waals surface area contributed by atoms with Crippen molar-refractivity contribution in [3.05, 3.63) is 84.4 Å². The number of ether oxygens (including phenoxy) is 2. The smallest absolute Gasteiger partial charge is 0.264 e. The van der Waals surface area contributed by atoms with Crippen molar-refractivity contribution >= 4 is 27.5 Å². The quantitative estimate of drug-likeness (QED) is 0.269. The van der Waals surface area contributed by atoms with Crippen LogP contribution in [0.15, 0.2) is 83.8 Å². The first kappa shape index (κ1) is 32.5. The molecular formula is C32H41N3O6S. The van der Waals surface area contributed by atoms with Crippen molar-refractivity contribution in [3.8, 4) is 11.5 Å². The number of nitrogens with zero attached hydrogens (tertiary/aromatic N) is 2. The molecule has 0 heterocycles. The van der Waals surface area contributed by atoms with Crippen LogP contribution in [0.2, 0.25) is 0 Å². The Kier molecular flexibility index (Phi) is 11.8. The predicted molar refractivity (Wildman–Crippen MR) is 164 cm³/mol. The van der Waals surface area contributed by atoms with E-state index in [1.54, 1.807) is 61.7 Å². The number of hydrogen-bond acceptors (Lipinski definition) is 6. The molecule has 3 aromatic rings. The molecule has 0 aliphatic carbocycles. The van der Waals surface area contributed by atoms with E-state index in [2.05, 4.69) is 5.32 Å². The summed E-state index contributed by atoms with van der Waals surface area (Å²) in [5.74, 6) is 0.579. The van der Waals surface area contributed by atoms with Crippen molar-refractivity contribution in [2.24, 2.45) is 5.92 Å². The molecule has 0 fully saturated rings. The molecule has 10 heteroatoms. The minimum Gasteiger partial charge on any atom is -0.497 e. The molecule has 3 aromatic carbocycles. The lowest BCUT2D eigenvalue weighted by molar-refractivity contribution is -0.140. The maximum atomic E-state index is 14.1. The second-order valence-electron chi connectivity index (χ2n) is 10.2. The van der Waals surface area contributed by atoms with E-state index < -0.39 is 28.5 Å². The molecule has 0 spiro atoms. The molecule has 2 amide bonds. The third-order valence-corrected chi connectivity index (χ3v) is 8.39. The predicted octanol–water partition coefficient (Wildman–Crippen LogP) is 4.87. The Morgan fingerprint density at radius 2 is 1.60 bits per heavy atom. The first-order valence-electron chi connectivity index (χ1n) is 14.1. The van der Waals surface area contributed by atoms with Gasteiger partial charge in [0.2, 0.25) is 11.8 Å². The lowest BCUT2D eigenvalue weighted by Gasteiger charge is -2.33. The van der Waals surface area contributed by atoms with Crippen LogP contribution in [0.1, 0.15) is 39.7 Å². The Morgan fingerprint density at radius 1 is 0.905 bits per heavy atom. The molecule has 0 radical (unpaired) electrons. The van der Waals surface area contributed by atoms with Gasteiger partial charge in [0.25, 0.3) is 10.0 Å². The normalized spacial score (nSPS) is 12.0. The molecular weight excluding hydrogens is 554 g/mol. The van der Waals surface area contributed by atoms with Gasteiger partial charge in [0, 0.05) is 13.1 Å². The minimum atomic E-state index is -4.16. The van der Waals surface area contributed by atoms with Crippen molar-refractivity contribution in [3.63, 3.8) is 0 Å². The molecule has 0 unspecified atom stereocenters. The van der Waals surface area contributed by atoms with E-state index in [-0.39, 0.29) is 23.3 Å². The minimum absolute atomic E-state index is 0.0173. The van der Waals surface area contributed by atoms with Gasteiger partial charge in [-0.25, -0.2) is 8.42 Å². The molecule has 1 atom stereocenters. The fourth-order valence-corrected chi connectivity index (χ4v) is 5.85. The van der Waals surface area contributed by atoms with Crippen LogP contribution in [0, 0.1) is 5.92 Å². The summed E-state index contributed by atoms with van der Waals surface area (Å²) in [6.07, 6.45) is 0.344. The number of methoxy groups -OCH3 is 1. The van der Waals surface area contributed by atoms with Gasteiger partial charge in [-0.05, 0) is 73.4 Å². The monoisotopic (exact) mass is 595 g/mol. The topological polar surface area (TPSA) is 105 Å². The van der Waals surface area contributed by atoms with Gasteiger partial charge in [0.05, 0.1) is 24.3 Å². The summed E-state index contributed by atoms with van der Waals surface area (Å²) in [5.41, 5.74) is 1.08. The van der Waals surface area contributed by atoms with Crippen LogP contribution in [0.3, 0.4) is 0 Å². The van der Waals surface area contributed by atoms with E-state index >= 15 is 0 Å². The highest BCUT2D eigenvalue weighted by Gasteiger charge is 2.33. The molecule has 3 rings (SSSR count). The van der Waals surface area contributed by atoms with E-state index in [9.17, 15) is 18.0 Å². The number of carbonyl (C=O) groups excluding carboxylic acids is 2. The summed E-state index contributed by atoms with van der Waals surface area (Å²) in [6.45, 7) is 8.15. The second-order valence-corrected chi connectivity index (χ2v) is 12.1. The van der Waals surface area contributed by atoms with Gasteiger partial charge in [-0.1, -0.05) is 51.1 Å². The molecule has 226 valence electrons. The van der Waals surface area contributed by atoms with Crippen LogP contribution in [-0.2, 0) is 26.2 Å². The van der Waals surface area contributed by atoms with Crippen LogP contribution >= 0.6 is 0 Å². The highest BCUT2D eigenvalue weighted by molar-refractivity contribution is 7.92. The standard InChI is InChI=1S/C32H41N3O6S/c1-6-30(32(37)33-21-24(3)4)34(22-25-12-11-15-28(20-25)40-5)31(36)23-35(26-13-9-8-10-14-26)42(38,39)29-18-16-27(17-19-29)41-7-2/h8-20,24,30H,6-7,21-23H2,1-5H3,(H,33,37)/t30-/m1/s1. The molecule has 0 saturated heterocycles. The van der Waals surface area contributed by atoms with Gasteiger partial charge in [0.15, 0.2) is 0 Å². The second kappa shape index (κ2) is 15.3. The number of hydrogen-bond donors (Lipinski definition) is 1. The third kappa shape index (κ3) is 8.48. The van der Waals surface area contributed by atoms with Gasteiger partial charge >= 0.3 is 0 Å². The number of benzene rings is 3. The van der Waals surface area contributed by atoms with Gasteiger partial charge in [-0.15, -0.1) is 0 Å². The molecule has 0 aliphatic rings. The summed E-state index contributed by atoms with van der Waals surface area (Å²) in [5, 5.41) is 2.93. The molecule has 9 nitrogen and oxygen atoms in total. The van der Waals surface area contributed by atoms with Crippen LogP contribution in [0.4, 0.5) is 5.69 Å². The number of nitrogens with one attached hydrogen (secondary N) is 1. The summed E-state index contributed by atoms with van der Waals surface area (Å²) in [4.78, 5) is 28.9. The Balaban J connectivity index is 2.02. The van der Waals surface area contributed by atoms with Gasteiger partial charge < -0.3 is 19.7 Å². The van der Waals surface area contributed by atoms with Gasteiger partial charge in [0.1, 0.15) is 24.1 Å². The van der Waals surface area contributed by atoms with Crippen molar-refractivity contribution < 1.29 is 27.5 Å². The largest absolute Gasteiger partial charge is 0.497 e. The van der Waals surface area contributed by atoms with Crippen molar-refractivity contribution in [2.45, 2.75) is 51.6 Å². The molecule has 0 aromatic heterocycles. The maximum absolute atomic E-state index is 14.1. The van der Waals surface area contributed by atoms with E-state index in [1.807, 2.05) is 39.8 Å². The highest BCUT2D eigenvalue weighted by atomic mass is 32.2. The van der Waals surface area contributed by atoms with Gasteiger partial charge in [-0.3, -0.25) is 13.9 Å². The number of amides is 2. The zero-order chi connectivity index (χ0) is 30.7. The number of para-hydroxylation sites is 1. The summed E-state index contributed by atoms with van der Waals surface area (Å²) < 4.78 is 39.9. The van der Waals surface area contributed by atoms with Gasteiger partial charge in [-0.2, -0.15) is 0 Å². The first-order chi connectivity index (χ1) is 20.1. The van der Waals surface area contributed by atoms with Crippen molar-refractivity contribution in [2.75, 3.05) is 31.1 Å². The molecule has 1 N–H and O–H groups in total. The molecule has 0 bridgehead atoms. The molecule has 42 heavy (non-hydrogen) atoms. The Hall–Kier alpha value is -4.05. The zero-order valence-electron chi connectivity index (χ0n) is 24.9. The molecule has 0 saturated carbocycles. The lowest BCUT2D eigenvalue weighted by Crippen LogP contribution is -2.52. The van der Waals surface area contributed by atoms with E-state index in [4.69, 9.17) is 9.47 Å². The highest BCUT2D eigenvalue weighted by Crippen LogP contribution is 2.26. The average Bonchev–Trinajstić information content (AvgIpc) is 2.99. The zero-order valence-corrected chi connectivity index (χ0v) is 25.8. The van der Waals surface area contributed by atoms with E-state index in [1.165, 1.54) is 17.0 Å². The fourth-order valence-electron chi connectivity index (χ4n) is 4.43. The number of sulfonamides is 1. The van der Waals surface area contributed by atoms with Crippen LogP contribution in [0.5, 0.6) is 11.5 Å².